The Morgan fingerprint density at radius 1 is 0.661 bits per heavy atom. The molecule has 59 heavy (non-hydrogen) atoms. The third-order valence-electron chi connectivity index (χ3n) is 12.1. The van der Waals surface area contributed by atoms with Crippen molar-refractivity contribution in [2.24, 2.45) is 0 Å². The first-order chi connectivity index (χ1) is 28.4. The number of hydrogen-bond acceptors (Lipinski definition) is 2. The number of nitrogens with zero attached hydrogens (tertiary/aromatic N) is 2. The van der Waals surface area contributed by atoms with Gasteiger partial charge in [0.25, 0.3) is 0 Å². The Labute approximate surface area is 367 Å². The molecule has 6 aromatic carbocycles. The number of halogens is 2. The average molecular weight is 908 g/mol. The van der Waals surface area contributed by atoms with E-state index in [1.807, 2.05) is 10.7 Å². The van der Waals surface area contributed by atoms with Crippen LogP contribution in [0.25, 0.3) is 0 Å². The fourth-order valence-corrected chi connectivity index (χ4v) is 11.4. The fraction of sp³-hybridized carbons (Fsp3) is 0.296. The van der Waals surface area contributed by atoms with Crippen LogP contribution < -0.4 is 4.90 Å². The maximum absolute atomic E-state index is 6.12. The predicted octanol–water partition coefficient (Wildman–Crippen LogP) is 14.5. The van der Waals surface area contributed by atoms with Gasteiger partial charge in [-0.2, -0.15) is 0 Å². The summed E-state index contributed by atoms with van der Waals surface area (Å²) in [6.07, 6.45) is 2.29. The molecule has 6 aromatic rings. The average Bonchev–Trinajstić information content (AvgIpc) is 3.70. The van der Waals surface area contributed by atoms with Crippen LogP contribution in [0.15, 0.2) is 158 Å². The van der Waals surface area contributed by atoms with Crippen molar-refractivity contribution in [3.8, 4) is 0 Å². The van der Waals surface area contributed by atoms with E-state index in [0.29, 0.717) is 17.8 Å². The van der Waals surface area contributed by atoms with E-state index in [0.717, 1.165) is 38.0 Å². The molecule has 0 bridgehead atoms. The Morgan fingerprint density at radius 2 is 1.19 bits per heavy atom. The molecule has 1 aliphatic carbocycles. The van der Waals surface area contributed by atoms with Crippen LogP contribution in [0.5, 0.6) is 0 Å². The van der Waals surface area contributed by atoms with Gasteiger partial charge in [-0.1, -0.05) is 112 Å². The monoisotopic (exact) mass is 907 g/mol. The summed E-state index contributed by atoms with van der Waals surface area (Å²) in [7, 11) is 12.2. The summed E-state index contributed by atoms with van der Waals surface area (Å²) in [5.74, 6) is 1.44. The van der Waals surface area contributed by atoms with E-state index in [9.17, 15) is 0 Å². The molecular formula is C54H59Cl2N2Ru-. The van der Waals surface area contributed by atoms with E-state index in [1.54, 1.807) is 0 Å². The quantitative estimate of drug-likeness (QED) is 0.0944. The number of fused-ring (bicyclic) bond motifs is 2. The number of benzene rings is 6. The maximum atomic E-state index is 6.12. The molecule has 1 spiro atoms. The fourth-order valence-electron chi connectivity index (χ4n) is 9.55. The summed E-state index contributed by atoms with van der Waals surface area (Å²) in [5, 5.41) is 0. The van der Waals surface area contributed by atoms with Gasteiger partial charge in [-0.15, -0.1) is 5.41 Å². The molecule has 0 saturated carbocycles. The van der Waals surface area contributed by atoms with Crippen molar-refractivity contribution in [2.45, 2.75) is 103 Å². The molecule has 1 heterocycles. The molecular weight excluding hydrogens is 849 g/mol. The third kappa shape index (κ3) is 10.2. The normalized spacial score (nSPS) is 18.3. The Morgan fingerprint density at radius 3 is 1.76 bits per heavy atom. The minimum atomic E-state index is -1.85. The molecule has 0 amide bonds. The van der Waals surface area contributed by atoms with Gasteiger partial charge in [-0.25, -0.2) is 6.54 Å². The molecule has 1 unspecified atom stereocenters. The standard InChI is InChI=1S/C32H38N.C22H21N.2ClH.Ru/c1-22(2)25-16-12-17-26(23(3)4)30(25)33-21-32(20-31(33,5)6)19-28(24-13-8-7-9-14-24)27-15-10-11-18-29(27)32;1-19-10-8-9-15-22(19)18-23(16-20-11-4-2-5-12-20)17-21-13-6-3-7-14-21;;;/h7-18,21-23,28H,19-20H2,1-6H3;1-15H,16-18H2;2*1H;/q-1;;;;+2/p-2/t28?,32-;;;;/m0..../s1. The van der Waals surface area contributed by atoms with Crippen molar-refractivity contribution in [2.75, 3.05) is 4.90 Å². The van der Waals surface area contributed by atoms with Gasteiger partial charge in [0, 0.05) is 17.1 Å². The first-order valence-corrected chi connectivity index (χ1v) is 26.6. The van der Waals surface area contributed by atoms with Gasteiger partial charge in [0.05, 0.1) is 0 Å². The second-order valence-electron chi connectivity index (χ2n) is 17.6. The van der Waals surface area contributed by atoms with Crippen LogP contribution in [-0.4, -0.2) is 15.0 Å². The molecule has 308 valence electrons. The van der Waals surface area contributed by atoms with E-state index >= 15 is 0 Å². The molecule has 1 saturated heterocycles. The van der Waals surface area contributed by atoms with Gasteiger partial charge >= 0.3 is 169 Å². The van der Waals surface area contributed by atoms with Crippen molar-refractivity contribution >= 4 is 29.7 Å². The first-order valence-electron chi connectivity index (χ1n) is 21.1. The molecule has 0 N–H and O–H groups in total. The van der Waals surface area contributed by atoms with Gasteiger partial charge in [0.2, 0.25) is 0 Å². The summed E-state index contributed by atoms with van der Waals surface area (Å²) in [4.78, 5) is 5.12. The van der Waals surface area contributed by atoms with Crippen molar-refractivity contribution in [1.82, 2.24) is 4.90 Å². The number of rotatable bonds is 11. The summed E-state index contributed by atoms with van der Waals surface area (Å²) in [5.41, 5.74) is 14.0. The summed E-state index contributed by atoms with van der Waals surface area (Å²) >= 11 is -1.85. The first kappa shape index (κ1) is 43.2. The zero-order valence-electron chi connectivity index (χ0n) is 35.4. The minimum absolute atomic E-state index is 0.0489. The molecule has 1 fully saturated rings. The molecule has 1 aliphatic heterocycles. The predicted molar refractivity (Wildman–Crippen MR) is 250 cm³/mol. The zero-order valence-corrected chi connectivity index (χ0v) is 38.7. The van der Waals surface area contributed by atoms with Crippen molar-refractivity contribution in [3.05, 3.63) is 214 Å². The second-order valence-corrected chi connectivity index (χ2v) is 23.3. The number of para-hydroxylation sites is 1. The van der Waals surface area contributed by atoms with Crippen LogP contribution in [0.3, 0.4) is 0 Å². The second kappa shape index (κ2) is 19.2. The van der Waals surface area contributed by atoms with Crippen molar-refractivity contribution in [3.63, 3.8) is 0 Å². The molecule has 8 rings (SSSR count). The SMILES string of the molecule is CC(C)c1cccc(C(C)C)c1N1[CH-][C@]2(CC(c3ccccc3)c3ccccc32)CC1(C)C.[Cl][Ru]([Cl])=[CH]c1ccccc1CN(Cc1ccccc1)Cc1ccccc1. The van der Waals surface area contributed by atoms with Crippen LogP contribution in [0.4, 0.5) is 5.69 Å². The Kier molecular flexibility index (Phi) is 14.1. The molecule has 2 aliphatic rings. The van der Waals surface area contributed by atoms with E-state index < -0.39 is 13.5 Å². The molecule has 0 aromatic heterocycles. The van der Waals surface area contributed by atoms with Gasteiger partial charge in [0.1, 0.15) is 0 Å². The van der Waals surface area contributed by atoms with Gasteiger partial charge < -0.3 is 4.90 Å². The molecule has 2 atom stereocenters. The van der Waals surface area contributed by atoms with Gasteiger partial charge in [-0.3, -0.25) is 0 Å². The topological polar surface area (TPSA) is 6.48 Å². The van der Waals surface area contributed by atoms with Crippen LogP contribution >= 0.6 is 19.4 Å². The third-order valence-corrected chi connectivity index (χ3v) is 14.0. The Bertz CT molecular complexity index is 2250. The Hall–Kier alpha value is -3.85. The summed E-state index contributed by atoms with van der Waals surface area (Å²) in [6.45, 7) is 19.5. The molecule has 5 heteroatoms. The Balaban J connectivity index is 0.000000185. The summed E-state index contributed by atoms with van der Waals surface area (Å²) in [6, 6.07) is 56.9. The van der Waals surface area contributed by atoms with E-state index in [1.165, 1.54) is 50.2 Å². The van der Waals surface area contributed by atoms with Crippen LogP contribution in [0.2, 0.25) is 0 Å². The number of anilines is 1. The van der Waals surface area contributed by atoms with E-state index in [2.05, 4.69) is 210 Å². The van der Waals surface area contributed by atoms with Gasteiger partial charge in [0.15, 0.2) is 0 Å². The number of hydrogen-bond donors (Lipinski definition) is 0. The molecule has 2 nitrogen and oxygen atoms in total. The van der Waals surface area contributed by atoms with Crippen molar-refractivity contribution in [1.29, 1.82) is 0 Å². The molecule has 0 radical (unpaired) electrons. The van der Waals surface area contributed by atoms with Crippen LogP contribution in [0.1, 0.15) is 122 Å². The van der Waals surface area contributed by atoms with Crippen LogP contribution in [0, 0.1) is 6.54 Å². The van der Waals surface area contributed by atoms with Crippen LogP contribution in [-0.2, 0) is 38.6 Å². The van der Waals surface area contributed by atoms with E-state index in [4.69, 9.17) is 19.4 Å². The zero-order chi connectivity index (χ0) is 41.6. The van der Waals surface area contributed by atoms with Gasteiger partial charge in [-0.05, 0) is 54.4 Å². The van der Waals surface area contributed by atoms with Crippen molar-refractivity contribution < 1.29 is 13.5 Å². The van der Waals surface area contributed by atoms with E-state index in [-0.39, 0.29) is 11.0 Å². The summed E-state index contributed by atoms with van der Waals surface area (Å²) < 4.78 is 2.03.